The molecule has 0 aliphatic heterocycles. The molecule has 0 aliphatic rings. The molecule has 0 bridgehead atoms. The van der Waals surface area contributed by atoms with Gasteiger partial charge in [-0.1, -0.05) is 19.4 Å². The third kappa shape index (κ3) is 2.43. The number of hydrogen-bond donors (Lipinski definition) is 1. The summed E-state index contributed by atoms with van der Waals surface area (Å²) < 4.78 is 28.7. The van der Waals surface area contributed by atoms with Gasteiger partial charge in [-0.3, -0.25) is 0 Å². The van der Waals surface area contributed by atoms with Crippen molar-refractivity contribution >= 4 is 16.7 Å². The molecule has 5 heteroatoms. The van der Waals surface area contributed by atoms with Crippen LogP contribution in [0.5, 0.6) is 0 Å². The molecule has 3 aromatic rings. The first kappa shape index (κ1) is 14.5. The highest BCUT2D eigenvalue weighted by atomic mass is 19.2. The zero-order valence-electron chi connectivity index (χ0n) is 12.3. The van der Waals surface area contributed by atoms with Gasteiger partial charge in [0.2, 0.25) is 0 Å². The van der Waals surface area contributed by atoms with Crippen LogP contribution >= 0.6 is 0 Å². The molecule has 0 atom stereocenters. The molecule has 3 rings (SSSR count). The number of fused-ring (bicyclic) bond motifs is 1. The minimum Gasteiger partial charge on any atom is -0.397 e. The van der Waals surface area contributed by atoms with Crippen LogP contribution in [0.1, 0.15) is 19.8 Å². The Morgan fingerprint density at radius 2 is 1.95 bits per heavy atom. The minimum absolute atomic E-state index is 0.547. The van der Waals surface area contributed by atoms with Crippen molar-refractivity contribution in [1.29, 1.82) is 0 Å². The molecule has 0 radical (unpaired) electrons. The fraction of sp³-hybridized carbons (Fsp3) is 0.235. The maximum absolute atomic E-state index is 13.5. The van der Waals surface area contributed by atoms with Crippen molar-refractivity contribution in [2.24, 2.45) is 0 Å². The second-order valence-electron chi connectivity index (χ2n) is 5.28. The lowest BCUT2D eigenvalue weighted by atomic mass is 10.2. The molecule has 1 heterocycles. The lowest BCUT2D eigenvalue weighted by molar-refractivity contribution is 0.509. The van der Waals surface area contributed by atoms with Gasteiger partial charge < -0.3 is 10.3 Å². The van der Waals surface area contributed by atoms with E-state index in [9.17, 15) is 8.78 Å². The normalized spacial score (nSPS) is 11.2. The van der Waals surface area contributed by atoms with Gasteiger partial charge in [0.15, 0.2) is 11.6 Å². The van der Waals surface area contributed by atoms with Gasteiger partial charge in [0, 0.05) is 12.1 Å². The summed E-state index contributed by atoms with van der Waals surface area (Å²) >= 11 is 0. The Hall–Kier alpha value is -2.43. The average molecular weight is 301 g/mol. The van der Waals surface area contributed by atoms with E-state index < -0.39 is 11.6 Å². The summed E-state index contributed by atoms with van der Waals surface area (Å²) in [4.78, 5) is 4.55. The van der Waals surface area contributed by atoms with E-state index in [0.29, 0.717) is 22.6 Å². The number of halogens is 2. The molecular weight excluding hydrogens is 284 g/mol. The molecule has 1 aromatic heterocycles. The maximum atomic E-state index is 13.5. The quantitative estimate of drug-likeness (QED) is 0.727. The Balaban J connectivity index is 2.22. The smallest absolute Gasteiger partial charge is 0.159 e. The van der Waals surface area contributed by atoms with Crippen LogP contribution in [0.2, 0.25) is 0 Å². The maximum Gasteiger partial charge on any atom is 0.159 e. The molecule has 0 unspecified atom stereocenters. The van der Waals surface area contributed by atoms with Gasteiger partial charge >= 0.3 is 0 Å². The number of imidazole rings is 1. The van der Waals surface area contributed by atoms with E-state index in [1.807, 2.05) is 16.7 Å². The van der Waals surface area contributed by atoms with Gasteiger partial charge in [0.05, 0.1) is 11.2 Å². The molecule has 0 amide bonds. The second kappa shape index (κ2) is 5.75. The SMILES string of the molecule is CCCCn1c(-c2ccc(F)c(F)c2)nc2c(N)cccc21. The number of nitrogens with zero attached hydrogens (tertiary/aromatic N) is 2. The van der Waals surface area contributed by atoms with Crippen LogP contribution in [0.15, 0.2) is 36.4 Å². The summed E-state index contributed by atoms with van der Waals surface area (Å²) in [5.74, 6) is -1.13. The predicted octanol–water partition coefficient (Wildman–Crippen LogP) is 4.36. The van der Waals surface area contributed by atoms with Crippen molar-refractivity contribution in [3.63, 3.8) is 0 Å². The van der Waals surface area contributed by atoms with Crippen molar-refractivity contribution in [1.82, 2.24) is 9.55 Å². The fourth-order valence-electron chi connectivity index (χ4n) is 2.57. The highest BCUT2D eigenvalue weighted by Gasteiger charge is 2.15. The summed E-state index contributed by atoms with van der Waals surface area (Å²) in [7, 11) is 0. The van der Waals surface area contributed by atoms with Crippen molar-refractivity contribution in [2.75, 3.05) is 5.73 Å². The van der Waals surface area contributed by atoms with Crippen molar-refractivity contribution < 1.29 is 8.78 Å². The summed E-state index contributed by atoms with van der Waals surface area (Å²) in [5.41, 5.74) is 8.72. The van der Waals surface area contributed by atoms with Gasteiger partial charge in [-0.05, 0) is 36.8 Å². The molecule has 22 heavy (non-hydrogen) atoms. The molecule has 2 N–H and O–H groups in total. The lowest BCUT2D eigenvalue weighted by Crippen LogP contribution is -2.01. The summed E-state index contributed by atoms with van der Waals surface area (Å²) in [6.45, 7) is 2.86. The van der Waals surface area contributed by atoms with Crippen LogP contribution in [-0.2, 0) is 6.54 Å². The van der Waals surface area contributed by atoms with E-state index in [2.05, 4.69) is 11.9 Å². The number of para-hydroxylation sites is 1. The number of benzene rings is 2. The molecule has 0 fully saturated rings. The van der Waals surface area contributed by atoms with Crippen LogP contribution in [0.3, 0.4) is 0 Å². The summed E-state index contributed by atoms with van der Waals surface area (Å²) in [5, 5.41) is 0. The predicted molar refractivity (Wildman–Crippen MR) is 84.4 cm³/mol. The number of anilines is 1. The zero-order valence-corrected chi connectivity index (χ0v) is 12.3. The van der Waals surface area contributed by atoms with E-state index in [0.717, 1.165) is 31.0 Å². The van der Waals surface area contributed by atoms with E-state index in [1.165, 1.54) is 12.1 Å². The first-order chi connectivity index (χ1) is 10.6. The average Bonchev–Trinajstić information content (AvgIpc) is 2.88. The Labute approximate surface area is 127 Å². The van der Waals surface area contributed by atoms with Gasteiger partial charge in [-0.15, -0.1) is 0 Å². The summed E-state index contributed by atoms with van der Waals surface area (Å²) in [6, 6.07) is 9.44. The topological polar surface area (TPSA) is 43.8 Å². The number of aromatic nitrogens is 2. The standard InChI is InChI=1S/C17H17F2N3/c1-2-3-9-22-15-6-4-5-14(20)16(15)21-17(22)11-7-8-12(18)13(19)10-11/h4-8,10H,2-3,9,20H2,1H3. The second-order valence-corrected chi connectivity index (χ2v) is 5.28. The van der Waals surface area contributed by atoms with Crippen LogP contribution in [0.25, 0.3) is 22.4 Å². The first-order valence-corrected chi connectivity index (χ1v) is 7.32. The van der Waals surface area contributed by atoms with Gasteiger partial charge in [-0.2, -0.15) is 0 Å². The number of nitrogens with two attached hydrogens (primary N) is 1. The third-order valence-electron chi connectivity index (χ3n) is 3.72. The number of nitrogen functional groups attached to an aromatic ring is 1. The zero-order chi connectivity index (χ0) is 15.7. The monoisotopic (exact) mass is 301 g/mol. The van der Waals surface area contributed by atoms with E-state index in [1.54, 1.807) is 6.07 Å². The van der Waals surface area contributed by atoms with Crippen molar-refractivity contribution in [3.8, 4) is 11.4 Å². The van der Waals surface area contributed by atoms with Crippen LogP contribution in [-0.4, -0.2) is 9.55 Å². The Morgan fingerprint density at radius 3 is 2.68 bits per heavy atom. The third-order valence-corrected chi connectivity index (χ3v) is 3.72. The molecule has 2 aromatic carbocycles. The van der Waals surface area contributed by atoms with Gasteiger partial charge in [0.25, 0.3) is 0 Å². The summed E-state index contributed by atoms with van der Waals surface area (Å²) in [6.07, 6.45) is 2.00. The van der Waals surface area contributed by atoms with Gasteiger partial charge in [0.1, 0.15) is 11.3 Å². The van der Waals surface area contributed by atoms with Crippen LogP contribution in [0, 0.1) is 11.6 Å². The molecule has 114 valence electrons. The molecule has 0 saturated carbocycles. The van der Waals surface area contributed by atoms with Crippen molar-refractivity contribution in [3.05, 3.63) is 48.0 Å². The van der Waals surface area contributed by atoms with Crippen LogP contribution in [0.4, 0.5) is 14.5 Å². The largest absolute Gasteiger partial charge is 0.397 e. The molecule has 0 saturated heterocycles. The van der Waals surface area contributed by atoms with Crippen LogP contribution < -0.4 is 5.73 Å². The number of hydrogen-bond acceptors (Lipinski definition) is 2. The molecule has 0 spiro atoms. The van der Waals surface area contributed by atoms with E-state index in [-0.39, 0.29) is 0 Å². The minimum atomic E-state index is -0.875. The first-order valence-electron chi connectivity index (χ1n) is 7.32. The lowest BCUT2D eigenvalue weighted by Gasteiger charge is -2.09. The van der Waals surface area contributed by atoms with Gasteiger partial charge in [-0.25, -0.2) is 13.8 Å². The Bertz CT molecular complexity index is 824. The number of rotatable bonds is 4. The van der Waals surface area contributed by atoms with Crippen molar-refractivity contribution in [2.45, 2.75) is 26.3 Å². The molecule has 0 aliphatic carbocycles. The number of unbranched alkanes of at least 4 members (excludes halogenated alkanes) is 1. The highest BCUT2D eigenvalue weighted by Crippen LogP contribution is 2.29. The molecular formula is C17H17F2N3. The van der Waals surface area contributed by atoms with E-state index in [4.69, 9.17) is 5.73 Å². The van der Waals surface area contributed by atoms with E-state index >= 15 is 0 Å². The Morgan fingerprint density at radius 1 is 1.14 bits per heavy atom. The fourth-order valence-corrected chi connectivity index (χ4v) is 2.57. The number of aryl methyl sites for hydroxylation is 1. The molecule has 3 nitrogen and oxygen atoms in total. The Kier molecular flexibility index (Phi) is 3.79. The highest BCUT2D eigenvalue weighted by molar-refractivity contribution is 5.90.